The summed E-state index contributed by atoms with van der Waals surface area (Å²) >= 11 is 0. The molecule has 0 radical (unpaired) electrons. The number of benzene rings is 2. The fraction of sp³-hybridized carbons (Fsp3) is 0.111. The molecule has 110 valence electrons. The molecule has 2 aromatic carbocycles. The van der Waals surface area contributed by atoms with Gasteiger partial charge in [-0.05, 0) is 36.8 Å². The third kappa shape index (κ3) is 2.44. The highest BCUT2D eigenvalue weighted by molar-refractivity contribution is 5.90. The van der Waals surface area contributed by atoms with Crippen LogP contribution in [-0.4, -0.2) is 18.1 Å². The summed E-state index contributed by atoms with van der Waals surface area (Å²) in [7, 11) is 1.23. The van der Waals surface area contributed by atoms with E-state index in [4.69, 9.17) is 0 Å². The lowest BCUT2D eigenvalue weighted by Gasteiger charge is -2.09. The van der Waals surface area contributed by atoms with Crippen molar-refractivity contribution in [3.8, 4) is 11.3 Å². The van der Waals surface area contributed by atoms with Crippen LogP contribution in [0.1, 0.15) is 15.9 Å². The Morgan fingerprint density at radius 3 is 2.64 bits per heavy atom. The molecule has 0 aliphatic rings. The highest BCUT2D eigenvalue weighted by atomic mass is 19.1. The van der Waals surface area contributed by atoms with Crippen molar-refractivity contribution < 1.29 is 13.9 Å². The molecule has 0 aliphatic heterocycles. The molecule has 1 heterocycles. The Kier molecular flexibility index (Phi) is 3.59. The molecule has 0 unspecified atom stereocenters. The number of aryl methyl sites for hydroxylation is 1. The van der Waals surface area contributed by atoms with Gasteiger partial charge in [-0.25, -0.2) is 14.2 Å². The monoisotopic (exact) mass is 295 g/mol. The van der Waals surface area contributed by atoms with Gasteiger partial charge in [-0.15, -0.1) is 0 Å². The van der Waals surface area contributed by atoms with Crippen molar-refractivity contribution in [2.75, 3.05) is 7.11 Å². The second-order valence-electron chi connectivity index (χ2n) is 5.03. The lowest BCUT2D eigenvalue weighted by Crippen LogP contribution is -2.04. The molecule has 0 saturated heterocycles. The van der Waals surface area contributed by atoms with E-state index in [1.807, 2.05) is 37.3 Å². The molecule has 0 spiro atoms. The van der Waals surface area contributed by atoms with Gasteiger partial charge in [0, 0.05) is 10.9 Å². The molecule has 3 aromatic rings. The molecular formula is C18H14FNO2. The Balaban J connectivity index is 2.13. The van der Waals surface area contributed by atoms with Crippen molar-refractivity contribution >= 4 is 16.9 Å². The first-order chi connectivity index (χ1) is 10.6. The van der Waals surface area contributed by atoms with E-state index in [1.54, 1.807) is 6.07 Å². The van der Waals surface area contributed by atoms with Crippen LogP contribution in [-0.2, 0) is 4.74 Å². The molecule has 3 rings (SSSR count). The summed E-state index contributed by atoms with van der Waals surface area (Å²) in [6.07, 6.45) is 0. The zero-order chi connectivity index (χ0) is 15.7. The summed E-state index contributed by atoms with van der Waals surface area (Å²) in [6.45, 7) is 1.93. The number of fused-ring (bicyclic) bond motifs is 1. The predicted octanol–water partition coefficient (Wildman–Crippen LogP) is 4.14. The van der Waals surface area contributed by atoms with Crippen molar-refractivity contribution in [2.24, 2.45) is 0 Å². The van der Waals surface area contributed by atoms with Gasteiger partial charge < -0.3 is 4.74 Å². The van der Waals surface area contributed by atoms with Gasteiger partial charge in [-0.2, -0.15) is 0 Å². The van der Waals surface area contributed by atoms with E-state index in [0.29, 0.717) is 11.3 Å². The zero-order valence-electron chi connectivity index (χ0n) is 12.3. The van der Waals surface area contributed by atoms with Gasteiger partial charge in [0.25, 0.3) is 0 Å². The standard InChI is InChI=1S/C18H14FNO2/c1-11-9-12-5-3-4-6-16(12)20-17(11)13-7-8-14(15(19)10-13)18(21)22-2/h3-10H,1-2H3. The first-order valence-corrected chi connectivity index (χ1v) is 6.85. The van der Waals surface area contributed by atoms with Crippen LogP contribution in [0, 0.1) is 12.7 Å². The van der Waals surface area contributed by atoms with Crippen LogP contribution < -0.4 is 0 Å². The minimum absolute atomic E-state index is 0.0790. The number of ether oxygens (including phenoxy) is 1. The molecule has 0 aliphatic carbocycles. The number of aromatic nitrogens is 1. The number of hydrogen-bond acceptors (Lipinski definition) is 3. The first-order valence-electron chi connectivity index (χ1n) is 6.85. The summed E-state index contributed by atoms with van der Waals surface area (Å²) < 4.78 is 18.6. The lowest BCUT2D eigenvalue weighted by molar-refractivity contribution is 0.0595. The van der Waals surface area contributed by atoms with Gasteiger partial charge in [0.15, 0.2) is 0 Å². The second-order valence-corrected chi connectivity index (χ2v) is 5.03. The molecule has 4 heteroatoms. The lowest BCUT2D eigenvalue weighted by atomic mass is 10.0. The minimum atomic E-state index is -0.688. The molecule has 22 heavy (non-hydrogen) atoms. The largest absolute Gasteiger partial charge is 0.465 e. The third-order valence-electron chi connectivity index (χ3n) is 3.56. The molecule has 1 aromatic heterocycles. The van der Waals surface area contributed by atoms with E-state index in [0.717, 1.165) is 16.5 Å². The minimum Gasteiger partial charge on any atom is -0.465 e. The van der Waals surface area contributed by atoms with Gasteiger partial charge in [0.1, 0.15) is 5.82 Å². The van der Waals surface area contributed by atoms with Crippen LogP contribution in [0.3, 0.4) is 0 Å². The highest BCUT2D eigenvalue weighted by Crippen LogP contribution is 2.26. The quantitative estimate of drug-likeness (QED) is 0.667. The van der Waals surface area contributed by atoms with Crippen molar-refractivity contribution in [3.63, 3.8) is 0 Å². The van der Waals surface area contributed by atoms with Crippen molar-refractivity contribution in [1.29, 1.82) is 0 Å². The van der Waals surface area contributed by atoms with Crippen LogP contribution >= 0.6 is 0 Å². The number of rotatable bonds is 2. The Hall–Kier alpha value is -2.75. The number of methoxy groups -OCH3 is 1. The van der Waals surface area contributed by atoms with Crippen LogP contribution in [0.15, 0.2) is 48.5 Å². The Morgan fingerprint density at radius 1 is 1.14 bits per heavy atom. The SMILES string of the molecule is COC(=O)c1ccc(-c2nc3ccccc3cc2C)cc1F. The maximum absolute atomic E-state index is 14.1. The van der Waals surface area contributed by atoms with E-state index in [1.165, 1.54) is 19.2 Å². The van der Waals surface area contributed by atoms with Gasteiger partial charge in [0.2, 0.25) is 0 Å². The number of carbonyl (C=O) groups excluding carboxylic acids is 1. The number of halogens is 1. The molecule has 0 N–H and O–H groups in total. The summed E-state index contributed by atoms with van der Waals surface area (Å²) in [6, 6.07) is 14.2. The third-order valence-corrected chi connectivity index (χ3v) is 3.56. The molecule has 0 amide bonds. The Morgan fingerprint density at radius 2 is 1.91 bits per heavy atom. The van der Waals surface area contributed by atoms with Crippen LogP contribution in [0.2, 0.25) is 0 Å². The maximum atomic E-state index is 14.1. The smallest absolute Gasteiger partial charge is 0.340 e. The number of para-hydroxylation sites is 1. The topological polar surface area (TPSA) is 39.2 Å². The van der Waals surface area contributed by atoms with E-state index in [2.05, 4.69) is 9.72 Å². The van der Waals surface area contributed by atoms with E-state index < -0.39 is 11.8 Å². The van der Waals surface area contributed by atoms with Gasteiger partial charge in [-0.1, -0.05) is 24.3 Å². The van der Waals surface area contributed by atoms with Crippen LogP contribution in [0.5, 0.6) is 0 Å². The highest BCUT2D eigenvalue weighted by Gasteiger charge is 2.14. The fourth-order valence-corrected chi connectivity index (χ4v) is 2.45. The van der Waals surface area contributed by atoms with Gasteiger partial charge in [-0.3, -0.25) is 0 Å². The normalized spacial score (nSPS) is 10.7. The molecule has 0 saturated carbocycles. The second kappa shape index (κ2) is 5.56. The van der Waals surface area contributed by atoms with Gasteiger partial charge >= 0.3 is 5.97 Å². The van der Waals surface area contributed by atoms with E-state index in [-0.39, 0.29) is 5.56 Å². The number of esters is 1. The van der Waals surface area contributed by atoms with E-state index in [9.17, 15) is 9.18 Å². The summed E-state index contributed by atoms with van der Waals surface area (Å²) in [5, 5.41) is 1.04. The predicted molar refractivity (Wildman–Crippen MR) is 83.2 cm³/mol. The number of carbonyl (C=O) groups is 1. The molecule has 0 bridgehead atoms. The van der Waals surface area contributed by atoms with E-state index >= 15 is 0 Å². The van der Waals surface area contributed by atoms with Crippen LogP contribution in [0.25, 0.3) is 22.2 Å². The van der Waals surface area contributed by atoms with Crippen molar-refractivity contribution in [2.45, 2.75) is 6.92 Å². The number of pyridine rings is 1. The fourth-order valence-electron chi connectivity index (χ4n) is 2.45. The average molecular weight is 295 g/mol. The Bertz CT molecular complexity index is 874. The zero-order valence-corrected chi connectivity index (χ0v) is 12.3. The summed E-state index contributed by atoms with van der Waals surface area (Å²) in [5.74, 6) is -1.30. The molecule has 0 atom stereocenters. The Labute approximate surface area is 127 Å². The summed E-state index contributed by atoms with van der Waals surface area (Å²) in [5.41, 5.74) is 3.05. The maximum Gasteiger partial charge on any atom is 0.340 e. The summed E-state index contributed by atoms with van der Waals surface area (Å²) in [4.78, 5) is 16.0. The molecule has 0 fully saturated rings. The van der Waals surface area contributed by atoms with Crippen molar-refractivity contribution in [1.82, 2.24) is 4.98 Å². The van der Waals surface area contributed by atoms with Crippen molar-refractivity contribution in [3.05, 3.63) is 65.5 Å². The van der Waals surface area contributed by atoms with Gasteiger partial charge in [0.05, 0.1) is 23.9 Å². The molecular weight excluding hydrogens is 281 g/mol. The molecule has 3 nitrogen and oxygen atoms in total. The van der Waals surface area contributed by atoms with Crippen LogP contribution in [0.4, 0.5) is 4.39 Å². The number of nitrogens with zero attached hydrogens (tertiary/aromatic N) is 1. The first kappa shape index (κ1) is 14.2. The number of hydrogen-bond donors (Lipinski definition) is 0. The average Bonchev–Trinajstić information content (AvgIpc) is 2.53.